The maximum Gasteiger partial charge on any atom is 0.514 e. The summed E-state index contributed by atoms with van der Waals surface area (Å²) in [7, 11) is -0.479. The van der Waals surface area contributed by atoms with E-state index in [2.05, 4.69) is 11.1 Å². The molecule has 7 heteroatoms. The number of carbonyl (C=O) groups excluding carboxylic acids is 1. The summed E-state index contributed by atoms with van der Waals surface area (Å²) in [5.74, 6) is 0. The number of hydrogen-bond acceptors (Lipinski definition) is 5. The number of pyridine rings is 1. The van der Waals surface area contributed by atoms with Gasteiger partial charge in [0.15, 0.2) is 0 Å². The van der Waals surface area contributed by atoms with E-state index in [4.69, 9.17) is 14.0 Å². The van der Waals surface area contributed by atoms with Gasteiger partial charge in [-0.15, -0.1) is 0 Å². The van der Waals surface area contributed by atoms with E-state index < -0.39 is 23.9 Å². The van der Waals surface area contributed by atoms with Crippen molar-refractivity contribution in [1.29, 1.82) is 0 Å². The highest BCUT2D eigenvalue weighted by Crippen LogP contribution is 2.36. The maximum absolute atomic E-state index is 12.2. The number of carbonyl (C=O) groups is 1. The molecule has 0 radical (unpaired) electrons. The smallest absolute Gasteiger partial charge is 0.444 e. The Kier molecular flexibility index (Phi) is 5.36. The number of aromatic nitrogens is 1. The number of ether oxygens (including phenoxy) is 1. The summed E-state index contributed by atoms with van der Waals surface area (Å²) >= 11 is 0. The van der Waals surface area contributed by atoms with Crippen LogP contribution in [0.25, 0.3) is 5.57 Å². The van der Waals surface area contributed by atoms with Gasteiger partial charge in [-0.3, -0.25) is 4.98 Å². The third-order valence-corrected chi connectivity index (χ3v) is 5.51. The lowest BCUT2D eigenvalue weighted by molar-refractivity contribution is 0.00578. The van der Waals surface area contributed by atoms with Crippen molar-refractivity contribution in [2.75, 3.05) is 13.1 Å². The molecule has 28 heavy (non-hydrogen) atoms. The van der Waals surface area contributed by atoms with E-state index >= 15 is 0 Å². The molecule has 0 bridgehead atoms. The van der Waals surface area contributed by atoms with E-state index in [0.29, 0.717) is 13.1 Å². The Morgan fingerprint density at radius 3 is 2.39 bits per heavy atom. The normalized spacial score (nSPS) is 21.5. The van der Waals surface area contributed by atoms with Crippen LogP contribution in [-0.2, 0) is 14.0 Å². The Balaban J connectivity index is 1.71. The molecule has 2 aliphatic rings. The van der Waals surface area contributed by atoms with Crippen LogP contribution in [0.15, 0.2) is 24.4 Å². The van der Waals surface area contributed by atoms with Crippen LogP contribution in [0.2, 0.25) is 0 Å². The van der Waals surface area contributed by atoms with Gasteiger partial charge in [0.05, 0.1) is 16.8 Å². The first-order valence-electron chi connectivity index (χ1n) is 9.87. The summed E-state index contributed by atoms with van der Waals surface area (Å²) in [5.41, 5.74) is 1.78. The van der Waals surface area contributed by atoms with Crippen molar-refractivity contribution in [3.63, 3.8) is 0 Å². The number of amides is 1. The van der Waals surface area contributed by atoms with E-state index in [1.165, 1.54) is 5.57 Å². The predicted molar refractivity (Wildman–Crippen MR) is 110 cm³/mol. The lowest BCUT2D eigenvalue weighted by atomic mass is 9.82. The average Bonchev–Trinajstić information content (AvgIpc) is 2.81. The topological polar surface area (TPSA) is 60.9 Å². The molecule has 2 aliphatic heterocycles. The van der Waals surface area contributed by atoms with Gasteiger partial charge in [0.2, 0.25) is 0 Å². The maximum atomic E-state index is 12.2. The van der Waals surface area contributed by atoms with Gasteiger partial charge >= 0.3 is 13.2 Å². The van der Waals surface area contributed by atoms with Crippen LogP contribution < -0.4 is 5.59 Å². The Morgan fingerprint density at radius 2 is 1.86 bits per heavy atom. The number of nitrogens with zero attached hydrogens (tertiary/aromatic N) is 2. The van der Waals surface area contributed by atoms with Crippen LogP contribution in [0.4, 0.5) is 4.79 Å². The summed E-state index contributed by atoms with van der Waals surface area (Å²) in [6.45, 7) is 14.9. The zero-order valence-electron chi connectivity index (χ0n) is 18.0. The lowest BCUT2D eigenvalue weighted by Crippen LogP contribution is -2.41. The number of hydrogen-bond donors (Lipinski definition) is 0. The Hall–Kier alpha value is -1.86. The average molecular weight is 386 g/mol. The molecule has 1 amide bonds. The first kappa shape index (κ1) is 20.9. The lowest BCUT2D eigenvalue weighted by Gasteiger charge is -2.32. The van der Waals surface area contributed by atoms with Crippen LogP contribution in [0.3, 0.4) is 0 Å². The van der Waals surface area contributed by atoms with Gasteiger partial charge in [-0.05, 0) is 78.2 Å². The molecule has 1 fully saturated rings. The highest BCUT2D eigenvalue weighted by molar-refractivity contribution is 6.61. The standard InChI is InChI=1S/C21H31BN2O4/c1-19(2,3)26-18(25)24-12-9-15(10-13-24)16-8-11-23-17(14-16)22-27-20(4,5)21(6,7)28-22/h8-9,11,14H,10,12-13H2,1-7H3. The fraction of sp³-hybridized carbons (Fsp3) is 0.619. The van der Waals surface area contributed by atoms with Crippen LogP contribution in [0.1, 0.15) is 60.5 Å². The highest BCUT2D eigenvalue weighted by atomic mass is 16.7. The zero-order chi connectivity index (χ0) is 20.7. The Bertz CT molecular complexity index is 767. The first-order chi connectivity index (χ1) is 12.9. The zero-order valence-corrected chi connectivity index (χ0v) is 18.0. The fourth-order valence-corrected chi connectivity index (χ4v) is 3.16. The minimum absolute atomic E-state index is 0.268. The fourth-order valence-electron chi connectivity index (χ4n) is 3.16. The molecule has 0 N–H and O–H groups in total. The van der Waals surface area contributed by atoms with Crippen LogP contribution in [-0.4, -0.2) is 53.0 Å². The molecule has 0 spiro atoms. The van der Waals surface area contributed by atoms with Gasteiger partial charge in [-0.25, -0.2) is 4.79 Å². The molecule has 0 aliphatic carbocycles. The van der Waals surface area contributed by atoms with Crippen molar-refractivity contribution in [3.05, 3.63) is 30.0 Å². The molecule has 152 valence electrons. The van der Waals surface area contributed by atoms with Crippen molar-refractivity contribution in [1.82, 2.24) is 9.88 Å². The Morgan fingerprint density at radius 1 is 1.21 bits per heavy atom. The summed E-state index contributed by atoms with van der Waals surface area (Å²) in [5, 5.41) is 0. The molecule has 6 nitrogen and oxygen atoms in total. The minimum Gasteiger partial charge on any atom is -0.444 e. The van der Waals surface area contributed by atoms with E-state index in [0.717, 1.165) is 17.6 Å². The van der Waals surface area contributed by atoms with E-state index in [1.807, 2.05) is 60.6 Å². The summed E-state index contributed by atoms with van der Waals surface area (Å²) in [6.07, 6.45) is 4.37. The van der Waals surface area contributed by atoms with Crippen molar-refractivity contribution in [3.8, 4) is 0 Å². The van der Waals surface area contributed by atoms with Gasteiger partial charge in [-0.1, -0.05) is 6.08 Å². The van der Waals surface area contributed by atoms with Gasteiger partial charge in [0.1, 0.15) is 5.60 Å². The highest BCUT2D eigenvalue weighted by Gasteiger charge is 2.52. The third-order valence-electron chi connectivity index (χ3n) is 5.51. The largest absolute Gasteiger partial charge is 0.514 e. The summed E-state index contributed by atoms with van der Waals surface area (Å²) in [6, 6.07) is 4.01. The summed E-state index contributed by atoms with van der Waals surface area (Å²) < 4.78 is 17.7. The van der Waals surface area contributed by atoms with Crippen molar-refractivity contribution in [2.24, 2.45) is 0 Å². The quantitative estimate of drug-likeness (QED) is 0.729. The second-order valence-electron chi connectivity index (χ2n) is 9.46. The van der Waals surface area contributed by atoms with Gasteiger partial charge in [0.25, 0.3) is 0 Å². The van der Waals surface area contributed by atoms with E-state index in [9.17, 15) is 4.79 Å². The van der Waals surface area contributed by atoms with Gasteiger partial charge in [-0.2, -0.15) is 0 Å². The summed E-state index contributed by atoms with van der Waals surface area (Å²) in [4.78, 5) is 18.4. The molecule has 0 saturated carbocycles. The predicted octanol–water partition coefficient (Wildman–Crippen LogP) is 3.41. The van der Waals surface area contributed by atoms with Gasteiger partial charge in [0, 0.05) is 19.3 Å². The third kappa shape index (κ3) is 4.41. The van der Waals surface area contributed by atoms with Crippen molar-refractivity contribution >= 4 is 24.4 Å². The van der Waals surface area contributed by atoms with Crippen molar-refractivity contribution in [2.45, 2.75) is 71.7 Å². The second-order valence-corrected chi connectivity index (χ2v) is 9.46. The molecule has 0 unspecified atom stereocenters. The minimum atomic E-state index is -0.482. The molecule has 0 atom stereocenters. The van der Waals surface area contributed by atoms with Gasteiger partial charge < -0.3 is 18.9 Å². The SMILES string of the molecule is CC(C)(C)OC(=O)N1CC=C(c2ccnc(B3OC(C)(C)C(C)(C)O3)c2)CC1. The van der Waals surface area contributed by atoms with Crippen LogP contribution in [0, 0.1) is 0 Å². The molecule has 0 aromatic carbocycles. The molecule has 1 aromatic rings. The number of rotatable bonds is 2. The first-order valence-corrected chi connectivity index (χ1v) is 9.87. The Labute approximate surface area is 168 Å². The van der Waals surface area contributed by atoms with Crippen molar-refractivity contribution < 1.29 is 18.8 Å². The van der Waals surface area contributed by atoms with E-state index in [-0.39, 0.29) is 6.09 Å². The van der Waals surface area contributed by atoms with E-state index in [1.54, 1.807) is 11.1 Å². The molecular weight excluding hydrogens is 355 g/mol. The molecule has 1 aromatic heterocycles. The molecular formula is C21H31BN2O4. The molecule has 1 saturated heterocycles. The monoisotopic (exact) mass is 386 g/mol. The molecule has 3 rings (SSSR count). The second kappa shape index (κ2) is 7.19. The van der Waals surface area contributed by atoms with Crippen LogP contribution in [0.5, 0.6) is 0 Å². The molecule has 3 heterocycles. The van der Waals surface area contributed by atoms with Crippen LogP contribution >= 0.6 is 0 Å².